The maximum atomic E-state index is 13.3. The zero-order valence-corrected chi connectivity index (χ0v) is 8.07. The normalized spacial score (nSPS) is 15.7. The molecule has 1 saturated heterocycles. The molecule has 0 unspecified atom stereocenters. The monoisotopic (exact) mass is 210 g/mol. The average molecular weight is 210 g/mol. The minimum atomic E-state index is -0.579. The van der Waals surface area contributed by atoms with Gasteiger partial charge in [-0.25, -0.2) is 9.45 Å². The number of hydroxylamine groups is 2. The summed E-state index contributed by atoms with van der Waals surface area (Å²) in [6.07, 6.45) is 0.773. The van der Waals surface area contributed by atoms with Crippen LogP contribution < -0.4 is 5.73 Å². The molecule has 2 rings (SSSR count). The molecule has 2 N–H and O–H groups in total. The molecule has 5 heteroatoms. The Balaban J connectivity index is 2.27. The number of amides is 1. The molecular weight excluding hydrogens is 199 g/mol. The van der Waals surface area contributed by atoms with Gasteiger partial charge in [-0.1, -0.05) is 0 Å². The maximum Gasteiger partial charge on any atom is 0.280 e. The number of carbonyl (C=O) groups is 1. The molecule has 1 aliphatic rings. The summed E-state index contributed by atoms with van der Waals surface area (Å²) in [7, 11) is 0. The van der Waals surface area contributed by atoms with Crippen LogP contribution in [0.3, 0.4) is 0 Å². The van der Waals surface area contributed by atoms with Crippen LogP contribution in [0.25, 0.3) is 0 Å². The van der Waals surface area contributed by atoms with E-state index in [4.69, 9.17) is 10.6 Å². The molecule has 1 aromatic carbocycles. The summed E-state index contributed by atoms with van der Waals surface area (Å²) < 4.78 is 13.3. The molecule has 1 fully saturated rings. The van der Waals surface area contributed by atoms with E-state index in [1.807, 2.05) is 0 Å². The first-order valence-corrected chi connectivity index (χ1v) is 4.68. The minimum absolute atomic E-state index is 0.0445. The summed E-state index contributed by atoms with van der Waals surface area (Å²) in [5, 5.41) is 1.16. The van der Waals surface area contributed by atoms with Crippen LogP contribution in [0.1, 0.15) is 16.8 Å². The van der Waals surface area contributed by atoms with Crippen molar-refractivity contribution in [2.45, 2.75) is 6.42 Å². The number of hydrogen-bond acceptors (Lipinski definition) is 3. The summed E-state index contributed by atoms with van der Waals surface area (Å²) >= 11 is 0. The summed E-state index contributed by atoms with van der Waals surface area (Å²) in [5.74, 6) is -1.05. The van der Waals surface area contributed by atoms with E-state index in [1.54, 1.807) is 0 Å². The zero-order chi connectivity index (χ0) is 10.8. The Morgan fingerprint density at radius 1 is 1.53 bits per heavy atom. The number of nitrogens with two attached hydrogens (primary N) is 1. The van der Waals surface area contributed by atoms with Gasteiger partial charge in [0.1, 0.15) is 5.82 Å². The third kappa shape index (κ3) is 1.92. The first kappa shape index (κ1) is 9.92. The second-order valence-corrected chi connectivity index (χ2v) is 3.33. The van der Waals surface area contributed by atoms with Gasteiger partial charge < -0.3 is 5.73 Å². The Labute approximate surface area is 86.4 Å². The van der Waals surface area contributed by atoms with Crippen LogP contribution in [0.2, 0.25) is 0 Å². The zero-order valence-electron chi connectivity index (χ0n) is 8.07. The Kier molecular flexibility index (Phi) is 2.55. The predicted molar refractivity (Wildman–Crippen MR) is 52.4 cm³/mol. The van der Waals surface area contributed by atoms with Gasteiger partial charge in [0.25, 0.3) is 5.91 Å². The topological polar surface area (TPSA) is 55.6 Å². The second-order valence-electron chi connectivity index (χ2n) is 3.33. The fourth-order valence-corrected chi connectivity index (χ4v) is 1.45. The van der Waals surface area contributed by atoms with Crippen LogP contribution in [0.5, 0.6) is 0 Å². The highest BCUT2D eigenvalue weighted by Gasteiger charge is 2.23. The van der Waals surface area contributed by atoms with E-state index in [-0.39, 0.29) is 5.56 Å². The van der Waals surface area contributed by atoms with Crippen molar-refractivity contribution < 1.29 is 14.0 Å². The molecule has 0 saturated carbocycles. The van der Waals surface area contributed by atoms with Crippen molar-refractivity contribution in [1.29, 1.82) is 0 Å². The van der Waals surface area contributed by atoms with E-state index in [1.165, 1.54) is 18.2 Å². The molecule has 1 heterocycles. The lowest BCUT2D eigenvalue weighted by Gasteiger charge is -2.14. The van der Waals surface area contributed by atoms with Crippen molar-refractivity contribution in [2.24, 2.45) is 0 Å². The Bertz CT molecular complexity index is 389. The number of anilines is 1. The van der Waals surface area contributed by atoms with Crippen molar-refractivity contribution in [3.05, 3.63) is 29.6 Å². The lowest BCUT2D eigenvalue weighted by Crippen LogP contribution is -2.27. The number of rotatable bonds is 1. The van der Waals surface area contributed by atoms with Crippen LogP contribution in [-0.4, -0.2) is 24.1 Å². The molecule has 80 valence electrons. The van der Waals surface area contributed by atoms with E-state index < -0.39 is 11.7 Å². The standard InChI is InChI=1S/C10H11FN2O2/c11-9-3-2-7(12)6-8(9)10(14)13-4-1-5-15-13/h2-3,6H,1,4-5,12H2. The van der Waals surface area contributed by atoms with Gasteiger partial charge in [-0.15, -0.1) is 0 Å². The largest absolute Gasteiger partial charge is 0.399 e. The lowest BCUT2D eigenvalue weighted by molar-refractivity contribution is -0.0770. The fraction of sp³-hybridized carbons (Fsp3) is 0.300. The number of halogens is 1. The number of hydrogen-bond donors (Lipinski definition) is 1. The summed E-state index contributed by atoms with van der Waals surface area (Å²) in [4.78, 5) is 16.8. The van der Waals surface area contributed by atoms with E-state index in [9.17, 15) is 9.18 Å². The van der Waals surface area contributed by atoms with Gasteiger partial charge in [0, 0.05) is 5.69 Å². The molecule has 1 amide bonds. The molecule has 15 heavy (non-hydrogen) atoms. The predicted octanol–water partition coefficient (Wildman–Crippen LogP) is 1.19. The van der Waals surface area contributed by atoms with E-state index >= 15 is 0 Å². The van der Waals surface area contributed by atoms with Crippen LogP contribution in [0.15, 0.2) is 18.2 Å². The molecule has 0 spiro atoms. The Hall–Kier alpha value is -1.62. The average Bonchev–Trinajstić information content (AvgIpc) is 2.74. The minimum Gasteiger partial charge on any atom is -0.399 e. The highest BCUT2D eigenvalue weighted by atomic mass is 19.1. The van der Waals surface area contributed by atoms with E-state index in [2.05, 4.69) is 0 Å². The van der Waals surface area contributed by atoms with Gasteiger partial charge in [0.15, 0.2) is 0 Å². The Morgan fingerprint density at radius 2 is 2.33 bits per heavy atom. The Morgan fingerprint density at radius 3 is 3.00 bits per heavy atom. The SMILES string of the molecule is Nc1ccc(F)c(C(=O)N2CCCO2)c1. The molecular formula is C10H11FN2O2. The second kappa shape index (κ2) is 3.86. The number of nitrogens with zero attached hydrogens (tertiary/aromatic N) is 1. The quantitative estimate of drug-likeness (QED) is 0.708. The van der Waals surface area contributed by atoms with Gasteiger partial charge in [-0.3, -0.25) is 9.63 Å². The molecule has 0 aromatic heterocycles. The van der Waals surface area contributed by atoms with Crippen LogP contribution in [-0.2, 0) is 4.84 Å². The van der Waals surface area contributed by atoms with Crippen LogP contribution in [0, 0.1) is 5.82 Å². The lowest BCUT2D eigenvalue weighted by atomic mass is 10.1. The van der Waals surface area contributed by atoms with Crippen molar-refractivity contribution in [3.63, 3.8) is 0 Å². The molecule has 0 radical (unpaired) electrons. The number of carbonyl (C=O) groups excluding carboxylic acids is 1. The first-order chi connectivity index (χ1) is 7.18. The number of benzene rings is 1. The molecule has 1 aromatic rings. The van der Waals surface area contributed by atoms with Gasteiger partial charge >= 0.3 is 0 Å². The van der Waals surface area contributed by atoms with Crippen molar-refractivity contribution >= 4 is 11.6 Å². The van der Waals surface area contributed by atoms with E-state index in [0.717, 1.165) is 11.5 Å². The van der Waals surface area contributed by atoms with Crippen LogP contribution in [0.4, 0.5) is 10.1 Å². The van der Waals surface area contributed by atoms with Gasteiger partial charge in [0.05, 0.1) is 18.7 Å². The molecule has 0 atom stereocenters. The van der Waals surface area contributed by atoms with Crippen molar-refractivity contribution in [3.8, 4) is 0 Å². The summed E-state index contributed by atoms with van der Waals surface area (Å²) in [6.45, 7) is 0.989. The van der Waals surface area contributed by atoms with Gasteiger partial charge in [0.2, 0.25) is 0 Å². The molecule has 0 bridgehead atoms. The molecule has 1 aliphatic heterocycles. The summed E-state index contributed by atoms with van der Waals surface area (Å²) in [6, 6.07) is 3.91. The van der Waals surface area contributed by atoms with Crippen molar-refractivity contribution in [2.75, 3.05) is 18.9 Å². The molecule has 0 aliphatic carbocycles. The third-order valence-electron chi connectivity index (χ3n) is 2.20. The third-order valence-corrected chi connectivity index (χ3v) is 2.20. The van der Waals surface area contributed by atoms with Crippen molar-refractivity contribution in [1.82, 2.24) is 5.06 Å². The van der Waals surface area contributed by atoms with Crippen LogP contribution >= 0.6 is 0 Å². The highest BCUT2D eigenvalue weighted by molar-refractivity contribution is 5.94. The summed E-state index contributed by atoms with van der Waals surface area (Å²) in [5.41, 5.74) is 5.80. The highest BCUT2D eigenvalue weighted by Crippen LogP contribution is 2.16. The first-order valence-electron chi connectivity index (χ1n) is 4.68. The maximum absolute atomic E-state index is 13.3. The van der Waals surface area contributed by atoms with E-state index in [0.29, 0.717) is 18.8 Å². The fourth-order valence-electron chi connectivity index (χ4n) is 1.45. The number of nitrogen functional groups attached to an aromatic ring is 1. The smallest absolute Gasteiger partial charge is 0.280 e. The molecule has 4 nitrogen and oxygen atoms in total. The van der Waals surface area contributed by atoms with Gasteiger partial charge in [-0.2, -0.15) is 0 Å². The van der Waals surface area contributed by atoms with Gasteiger partial charge in [-0.05, 0) is 24.6 Å².